The molecule has 6 heteroatoms. The first-order chi connectivity index (χ1) is 6.56. The lowest BCUT2D eigenvalue weighted by atomic mass is 10.2. The van der Waals surface area contributed by atoms with E-state index in [0.29, 0.717) is 9.39 Å². The second-order valence-corrected chi connectivity index (χ2v) is 4.33. The van der Waals surface area contributed by atoms with Crippen LogP contribution in [0.3, 0.4) is 0 Å². The quantitative estimate of drug-likeness (QED) is 0.589. The lowest BCUT2D eigenvalue weighted by Gasteiger charge is -2.07. The Morgan fingerprint density at radius 2 is 2.29 bits per heavy atom. The number of hydrogen-bond acceptors (Lipinski definition) is 2. The van der Waals surface area contributed by atoms with Crippen LogP contribution < -0.4 is 0 Å². The van der Waals surface area contributed by atoms with Crippen LogP contribution in [0.4, 0.5) is 8.78 Å². The number of rotatable bonds is 2. The number of halogens is 4. The average molecular weight is 373 g/mol. The van der Waals surface area contributed by atoms with E-state index in [-0.39, 0.29) is 16.5 Å². The van der Waals surface area contributed by atoms with Crippen molar-refractivity contribution in [2.45, 2.75) is 12.8 Å². The second kappa shape index (κ2) is 4.98. The molecule has 1 heterocycles. The molecule has 0 amide bonds. The number of nitriles is 1. The smallest absolute Gasteiger partial charge is 0.245 e. The fourth-order valence-electron chi connectivity index (χ4n) is 0.919. The fraction of sp³-hybridized carbons (Fsp3) is 0.250. The topological polar surface area (TPSA) is 36.7 Å². The molecule has 0 aromatic carbocycles. The molecule has 0 saturated carbocycles. The SMILES string of the molecule is N#CCc1nc(I)cc(C(F)F)c1Br. The van der Waals surface area contributed by atoms with Gasteiger partial charge in [0.1, 0.15) is 3.70 Å². The molecule has 0 atom stereocenters. The maximum absolute atomic E-state index is 12.5. The molecule has 0 spiro atoms. The molecule has 0 N–H and O–H groups in total. The predicted molar refractivity (Wildman–Crippen MR) is 58.9 cm³/mol. The molecule has 0 radical (unpaired) electrons. The maximum Gasteiger partial charge on any atom is 0.265 e. The molecule has 0 aliphatic rings. The molecule has 0 fully saturated rings. The molecule has 0 saturated heterocycles. The molecule has 1 aromatic heterocycles. The van der Waals surface area contributed by atoms with Crippen molar-refractivity contribution in [3.63, 3.8) is 0 Å². The molecule has 0 bridgehead atoms. The molecule has 1 rings (SSSR count). The summed E-state index contributed by atoms with van der Waals surface area (Å²) in [5, 5.41) is 8.46. The van der Waals surface area contributed by atoms with Gasteiger partial charge in [-0.2, -0.15) is 5.26 Å². The Morgan fingerprint density at radius 3 is 2.79 bits per heavy atom. The molecule has 0 unspecified atom stereocenters. The minimum Gasteiger partial charge on any atom is -0.245 e. The normalized spacial score (nSPS) is 10.3. The molecule has 0 aliphatic carbocycles. The van der Waals surface area contributed by atoms with Gasteiger partial charge >= 0.3 is 0 Å². The first-order valence-corrected chi connectivity index (χ1v) is 5.43. The first-order valence-electron chi connectivity index (χ1n) is 3.56. The summed E-state index contributed by atoms with van der Waals surface area (Å²) in [6, 6.07) is 3.18. The van der Waals surface area contributed by atoms with Crippen LogP contribution >= 0.6 is 38.5 Å². The Hall–Kier alpha value is -0.290. The number of nitrogens with zero attached hydrogens (tertiary/aromatic N) is 2. The zero-order valence-corrected chi connectivity index (χ0v) is 10.5. The van der Waals surface area contributed by atoms with Crippen LogP contribution in [0.1, 0.15) is 17.7 Å². The number of pyridine rings is 1. The van der Waals surface area contributed by atoms with Crippen LogP contribution in [-0.4, -0.2) is 4.98 Å². The van der Waals surface area contributed by atoms with Crippen molar-refractivity contribution in [1.82, 2.24) is 4.98 Å². The largest absolute Gasteiger partial charge is 0.265 e. The fourth-order valence-corrected chi connectivity index (χ4v) is 2.06. The van der Waals surface area contributed by atoms with E-state index in [9.17, 15) is 8.78 Å². The van der Waals surface area contributed by atoms with E-state index in [4.69, 9.17) is 5.26 Å². The lowest BCUT2D eigenvalue weighted by molar-refractivity contribution is 0.150. The van der Waals surface area contributed by atoms with Crippen molar-refractivity contribution in [2.24, 2.45) is 0 Å². The standard InChI is InChI=1S/C8H4BrF2IN2/c9-7-4(8(10)11)3-6(12)14-5(7)1-2-13/h3,8H,1H2. The zero-order chi connectivity index (χ0) is 10.7. The van der Waals surface area contributed by atoms with Gasteiger partial charge in [-0.15, -0.1) is 0 Å². The summed E-state index contributed by atoms with van der Waals surface area (Å²) >= 11 is 4.87. The van der Waals surface area contributed by atoms with Gasteiger partial charge in [0, 0.05) is 10.0 Å². The Balaban J connectivity index is 3.26. The summed E-state index contributed by atoms with van der Waals surface area (Å²) in [6.07, 6.45) is -2.53. The Labute approximate surface area is 102 Å². The van der Waals surface area contributed by atoms with Crippen molar-refractivity contribution in [3.05, 3.63) is 25.5 Å². The zero-order valence-electron chi connectivity index (χ0n) is 6.77. The van der Waals surface area contributed by atoms with Crippen molar-refractivity contribution in [1.29, 1.82) is 5.26 Å². The Bertz CT molecular complexity index is 390. The van der Waals surface area contributed by atoms with E-state index in [1.807, 2.05) is 28.7 Å². The van der Waals surface area contributed by atoms with Crippen LogP contribution in [-0.2, 0) is 6.42 Å². The van der Waals surface area contributed by atoms with E-state index >= 15 is 0 Å². The van der Waals surface area contributed by atoms with Crippen molar-refractivity contribution in [2.75, 3.05) is 0 Å². The van der Waals surface area contributed by atoms with Crippen LogP contribution in [0, 0.1) is 15.0 Å². The lowest BCUT2D eigenvalue weighted by Crippen LogP contribution is -1.98. The van der Waals surface area contributed by atoms with Gasteiger partial charge in [0.25, 0.3) is 6.43 Å². The highest BCUT2D eigenvalue weighted by molar-refractivity contribution is 14.1. The molecule has 2 nitrogen and oxygen atoms in total. The average Bonchev–Trinajstić information content (AvgIpc) is 2.10. The van der Waals surface area contributed by atoms with Gasteiger partial charge < -0.3 is 0 Å². The highest BCUT2D eigenvalue weighted by Crippen LogP contribution is 2.30. The monoisotopic (exact) mass is 372 g/mol. The third kappa shape index (κ3) is 2.60. The third-order valence-electron chi connectivity index (χ3n) is 1.50. The molecule has 14 heavy (non-hydrogen) atoms. The molecule has 74 valence electrons. The van der Waals surface area contributed by atoms with E-state index in [1.165, 1.54) is 6.07 Å². The van der Waals surface area contributed by atoms with E-state index < -0.39 is 6.43 Å². The summed E-state index contributed by atoms with van der Waals surface area (Å²) in [4.78, 5) is 3.99. The Morgan fingerprint density at radius 1 is 1.64 bits per heavy atom. The minimum atomic E-state index is -2.56. The Kier molecular flexibility index (Phi) is 4.19. The summed E-state index contributed by atoms with van der Waals surface area (Å²) < 4.78 is 25.7. The van der Waals surface area contributed by atoms with Gasteiger partial charge in [-0.05, 0) is 44.6 Å². The maximum atomic E-state index is 12.5. The number of aromatic nitrogens is 1. The van der Waals surface area contributed by atoms with Gasteiger partial charge in [0.2, 0.25) is 0 Å². The van der Waals surface area contributed by atoms with Crippen molar-refractivity contribution < 1.29 is 8.78 Å². The highest BCUT2D eigenvalue weighted by Gasteiger charge is 2.16. The molecular formula is C8H4BrF2IN2. The van der Waals surface area contributed by atoms with Crippen LogP contribution in [0.15, 0.2) is 10.5 Å². The van der Waals surface area contributed by atoms with Crippen LogP contribution in [0.2, 0.25) is 0 Å². The second-order valence-electron chi connectivity index (χ2n) is 2.43. The van der Waals surface area contributed by atoms with E-state index in [0.717, 1.165) is 0 Å². The molecular weight excluding hydrogens is 369 g/mol. The number of hydrogen-bond donors (Lipinski definition) is 0. The highest BCUT2D eigenvalue weighted by atomic mass is 127. The van der Waals surface area contributed by atoms with Crippen LogP contribution in [0.5, 0.6) is 0 Å². The van der Waals surface area contributed by atoms with Crippen molar-refractivity contribution in [3.8, 4) is 6.07 Å². The van der Waals surface area contributed by atoms with Gasteiger partial charge in [-0.3, -0.25) is 0 Å². The van der Waals surface area contributed by atoms with E-state index in [2.05, 4.69) is 20.9 Å². The predicted octanol–water partition coefficient (Wildman–Crippen LogP) is 3.45. The van der Waals surface area contributed by atoms with Gasteiger partial charge in [-0.25, -0.2) is 13.8 Å². The summed E-state index contributed by atoms with van der Waals surface area (Å²) in [5.41, 5.74) is 0.240. The van der Waals surface area contributed by atoms with Gasteiger partial charge in [0.15, 0.2) is 0 Å². The number of alkyl halides is 2. The van der Waals surface area contributed by atoms with Gasteiger partial charge in [-0.1, -0.05) is 0 Å². The third-order valence-corrected chi connectivity index (χ3v) is 2.97. The van der Waals surface area contributed by atoms with Crippen molar-refractivity contribution >= 4 is 38.5 Å². The summed E-state index contributed by atoms with van der Waals surface area (Å²) in [5.74, 6) is 0. The minimum absolute atomic E-state index is 0.0249. The first kappa shape index (κ1) is 11.8. The molecule has 1 aromatic rings. The summed E-state index contributed by atoms with van der Waals surface area (Å²) in [6.45, 7) is 0. The summed E-state index contributed by atoms with van der Waals surface area (Å²) in [7, 11) is 0. The van der Waals surface area contributed by atoms with Gasteiger partial charge in [0.05, 0.1) is 18.2 Å². The van der Waals surface area contributed by atoms with Crippen LogP contribution in [0.25, 0.3) is 0 Å². The van der Waals surface area contributed by atoms with E-state index in [1.54, 1.807) is 0 Å². The molecule has 0 aliphatic heterocycles.